The molecule has 4 nitrogen and oxygen atoms in total. The number of hydrogen-bond acceptors (Lipinski definition) is 4. The first-order valence-electron chi connectivity index (χ1n) is 6.14. The summed E-state index contributed by atoms with van der Waals surface area (Å²) < 4.78 is 0. The molecule has 2 unspecified atom stereocenters. The Morgan fingerprint density at radius 3 is 2.83 bits per heavy atom. The SMILES string of the molecule is CC(O)CC(C)Nc1ccc2cnccc2c1N. The van der Waals surface area contributed by atoms with Gasteiger partial charge < -0.3 is 16.2 Å². The van der Waals surface area contributed by atoms with Gasteiger partial charge in [-0.1, -0.05) is 6.07 Å². The molecule has 0 aliphatic heterocycles. The minimum atomic E-state index is -0.321. The van der Waals surface area contributed by atoms with Crippen LogP contribution in [0.25, 0.3) is 10.8 Å². The van der Waals surface area contributed by atoms with Gasteiger partial charge in [-0.15, -0.1) is 0 Å². The van der Waals surface area contributed by atoms with E-state index in [2.05, 4.69) is 10.3 Å². The van der Waals surface area contributed by atoms with Crippen molar-refractivity contribution in [2.45, 2.75) is 32.4 Å². The number of aromatic nitrogens is 1. The van der Waals surface area contributed by atoms with Crippen LogP contribution in [0.1, 0.15) is 20.3 Å². The number of nitrogen functional groups attached to an aromatic ring is 1. The fraction of sp³-hybridized carbons (Fsp3) is 0.357. The van der Waals surface area contributed by atoms with Gasteiger partial charge in [0.15, 0.2) is 0 Å². The summed E-state index contributed by atoms with van der Waals surface area (Å²) in [6.07, 6.45) is 3.91. The van der Waals surface area contributed by atoms with Crippen LogP contribution in [-0.4, -0.2) is 22.2 Å². The van der Waals surface area contributed by atoms with E-state index in [9.17, 15) is 5.11 Å². The quantitative estimate of drug-likeness (QED) is 0.723. The summed E-state index contributed by atoms with van der Waals surface area (Å²) in [5, 5.41) is 14.7. The second kappa shape index (κ2) is 5.23. The molecule has 18 heavy (non-hydrogen) atoms. The molecule has 0 saturated heterocycles. The van der Waals surface area contributed by atoms with Crippen LogP contribution in [0.3, 0.4) is 0 Å². The van der Waals surface area contributed by atoms with Crippen molar-refractivity contribution >= 4 is 22.1 Å². The number of rotatable bonds is 4. The number of nitrogens with two attached hydrogens (primary N) is 1. The number of anilines is 2. The molecule has 0 fully saturated rings. The molecule has 4 heteroatoms. The van der Waals surface area contributed by atoms with Crippen molar-refractivity contribution in [3.05, 3.63) is 30.6 Å². The highest BCUT2D eigenvalue weighted by Gasteiger charge is 2.09. The third kappa shape index (κ3) is 2.71. The van der Waals surface area contributed by atoms with Gasteiger partial charge in [0.2, 0.25) is 0 Å². The number of nitrogens with one attached hydrogen (secondary N) is 1. The van der Waals surface area contributed by atoms with E-state index >= 15 is 0 Å². The van der Waals surface area contributed by atoms with Crippen LogP contribution in [-0.2, 0) is 0 Å². The lowest BCUT2D eigenvalue weighted by Crippen LogP contribution is -2.21. The van der Waals surface area contributed by atoms with E-state index in [1.165, 1.54) is 0 Å². The lowest BCUT2D eigenvalue weighted by atomic mass is 10.1. The van der Waals surface area contributed by atoms with Crippen LogP contribution in [0.15, 0.2) is 30.6 Å². The molecule has 2 aromatic rings. The molecule has 0 spiro atoms. The van der Waals surface area contributed by atoms with Gasteiger partial charge in [-0.2, -0.15) is 0 Å². The Bertz CT molecular complexity index is 540. The zero-order chi connectivity index (χ0) is 13.1. The van der Waals surface area contributed by atoms with Crippen LogP contribution in [0.5, 0.6) is 0 Å². The first-order valence-corrected chi connectivity index (χ1v) is 6.14. The number of nitrogens with zero attached hydrogens (tertiary/aromatic N) is 1. The zero-order valence-corrected chi connectivity index (χ0v) is 10.7. The van der Waals surface area contributed by atoms with Gasteiger partial charge in [-0.25, -0.2) is 0 Å². The standard InChI is InChI=1S/C14H19N3O/c1-9(7-10(2)18)17-13-4-3-11-8-16-6-5-12(11)14(13)15/h3-6,8-10,17-18H,7,15H2,1-2H3. The summed E-state index contributed by atoms with van der Waals surface area (Å²) in [6, 6.07) is 6.04. The smallest absolute Gasteiger partial charge is 0.0630 e. The maximum absolute atomic E-state index is 9.36. The van der Waals surface area contributed by atoms with E-state index < -0.39 is 0 Å². The molecule has 0 aliphatic rings. The first kappa shape index (κ1) is 12.6. The van der Waals surface area contributed by atoms with Crippen LogP contribution in [0.4, 0.5) is 11.4 Å². The van der Waals surface area contributed by atoms with Crippen molar-refractivity contribution in [3.8, 4) is 0 Å². The Labute approximate surface area is 107 Å². The van der Waals surface area contributed by atoms with Crippen LogP contribution in [0.2, 0.25) is 0 Å². The lowest BCUT2D eigenvalue weighted by Gasteiger charge is -2.18. The molecular weight excluding hydrogens is 226 g/mol. The first-order chi connectivity index (χ1) is 8.58. The predicted octanol–water partition coefficient (Wildman–Crippen LogP) is 2.39. The van der Waals surface area contributed by atoms with Crippen LogP contribution in [0, 0.1) is 0 Å². The van der Waals surface area contributed by atoms with E-state index in [4.69, 9.17) is 5.73 Å². The van der Waals surface area contributed by atoms with E-state index in [1.807, 2.05) is 25.1 Å². The van der Waals surface area contributed by atoms with E-state index in [0.29, 0.717) is 6.42 Å². The minimum Gasteiger partial charge on any atom is -0.397 e. The molecule has 0 amide bonds. The number of fused-ring (bicyclic) bond motifs is 1. The summed E-state index contributed by atoms with van der Waals surface area (Å²) in [5.41, 5.74) is 7.78. The lowest BCUT2D eigenvalue weighted by molar-refractivity contribution is 0.179. The topological polar surface area (TPSA) is 71.2 Å². The summed E-state index contributed by atoms with van der Waals surface area (Å²) in [4.78, 5) is 4.07. The molecule has 1 heterocycles. The van der Waals surface area contributed by atoms with Crippen LogP contribution < -0.4 is 11.1 Å². The normalized spacial score (nSPS) is 14.4. The third-order valence-corrected chi connectivity index (χ3v) is 2.96. The van der Waals surface area contributed by atoms with E-state index in [1.54, 1.807) is 19.3 Å². The molecule has 96 valence electrons. The second-order valence-corrected chi connectivity index (χ2v) is 4.75. The molecule has 2 atom stereocenters. The fourth-order valence-electron chi connectivity index (χ4n) is 2.15. The Morgan fingerprint density at radius 1 is 1.33 bits per heavy atom. The van der Waals surface area contributed by atoms with E-state index in [-0.39, 0.29) is 12.1 Å². The maximum Gasteiger partial charge on any atom is 0.0630 e. The molecule has 1 aromatic carbocycles. The van der Waals surface area contributed by atoms with E-state index in [0.717, 1.165) is 22.1 Å². The average molecular weight is 245 g/mol. The molecule has 0 aliphatic carbocycles. The minimum absolute atomic E-state index is 0.173. The molecule has 0 saturated carbocycles. The largest absolute Gasteiger partial charge is 0.397 e. The van der Waals surface area contributed by atoms with Gasteiger partial charge in [0.25, 0.3) is 0 Å². The number of hydrogen-bond donors (Lipinski definition) is 3. The molecule has 0 bridgehead atoms. The highest BCUT2D eigenvalue weighted by atomic mass is 16.3. The number of pyridine rings is 1. The van der Waals surface area contributed by atoms with Crippen molar-refractivity contribution in [3.63, 3.8) is 0 Å². The monoisotopic (exact) mass is 245 g/mol. The number of aliphatic hydroxyl groups is 1. The summed E-state index contributed by atoms with van der Waals surface area (Å²) in [5.74, 6) is 0. The van der Waals surface area contributed by atoms with Crippen molar-refractivity contribution in [1.82, 2.24) is 4.98 Å². The van der Waals surface area contributed by atoms with Gasteiger partial charge in [0, 0.05) is 29.2 Å². The molecule has 0 radical (unpaired) electrons. The third-order valence-electron chi connectivity index (χ3n) is 2.96. The highest BCUT2D eigenvalue weighted by Crippen LogP contribution is 2.28. The van der Waals surface area contributed by atoms with Gasteiger partial charge in [-0.3, -0.25) is 4.98 Å². The van der Waals surface area contributed by atoms with Crippen molar-refractivity contribution in [2.24, 2.45) is 0 Å². The fourth-order valence-corrected chi connectivity index (χ4v) is 2.15. The number of benzene rings is 1. The highest BCUT2D eigenvalue weighted by molar-refractivity contribution is 5.98. The Morgan fingerprint density at radius 2 is 2.11 bits per heavy atom. The average Bonchev–Trinajstić information content (AvgIpc) is 2.32. The van der Waals surface area contributed by atoms with Gasteiger partial charge in [0.1, 0.15) is 0 Å². The molecule has 2 rings (SSSR count). The molecule has 4 N–H and O–H groups in total. The zero-order valence-electron chi connectivity index (χ0n) is 10.7. The van der Waals surface area contributed by atoms with Crippen LogP contribution >= 0.6 is 0 Å². The predicted molar refractivity (Wildman–Crippen MR) is 75.5 cm³/mol. The second-order valence-electron chi connectivity index (χ2n) is 4.75. The maximum atomic E-state index is 9.36. The molecular formula is C14H19N3O. The Kier molecular flexibility index (Phi) is 3.67. The number of aliphatic hydroxyl groups excluding tert-OH is 1. The van der Waals surface area contributed by atoms with Gasteiger partial charge in [0.05, 0.1) is 17.5 Å². The molecule has 1 aromatic heterocycles. The van der Waals surface area contributed by atoms with Crippen molar-refractivity contribution in [2.75, 3.05) is 11.1 Å². The summed E-state index contributed by atoms with van der Waals surface area (Å²) in [6.45, 7) is 3.82. The summed E-state index contributed by atoms with van der Waals surface area (Å²) >= 11 is 0. The Hall–Kier alpha value is -1.81. The van der Waals surface area contributed by atoms with Gasteiger partial charge >= 0.3 is 0 Å². The van der Waals surface area contributed by atoms with Crippen molar-refractivity contribution < 1.29 is 5.11 Å². The summed E-state index contributed by atoms with van der Waals surface area (Å²) in [7, 11) is 0. The van der Waals surface area contributed by atoms with Gasteiger partial charge in [-0.05, 0) is 32.4 Å². The Balaban J connectivity index is 2.26. The van der Waals surface area contributed by atoms with Crippen molar-refractivity contribution in [1.29, 1.82) is 0 Å².